The van der Waals surface area contributed by atoms with Crippen molar-refractivity contribution < 1.29 is 28.6 Å². The largest absolute Gasteiger partial charge is 0.469 e. The fourth-order valence-corrected chi connectivity index (χ4v) is 2.86. The van der Waals surface area contributed by atoms with Crippen molar-refractivity contribution in [2.24, 2.45) is 10.8 Å². The molecule has 0 heterocycles. The lowest BCUT2D eigenvalue weighted by Gasteiger charge is -2.33. The van der Waals surface area contributed by atoms with Gasteiger partial charge in [-0.3, -0.25) is 9.59 Å². The molecule has 1 rings (SSSR count). The number of esters is 3. The number of benzene rings is 1. The summed E-state index contributed by atoms with van der Waals surface area (Å²) in [6.45, 7) is 8.60. The number of rotatable bonds is 9. The SMILES string of the molecule is CCC(C)(CC(C)(C)C(=O)OC)C(=O)OC(C)C(=O)OCc1ccccc1. The van der Waals surface area contributed by atoms with Crippen LogP contribution in [0.15, 0.2) is 30.3 Å². The van der Waals surface area contributed by atoms with E-state index < -0.39 is 34.8 Å². The molecule has 27 heavy (non-hydrogen) atoms. The van der Waals surface area contributed by atoms with Gasteiger partial charge in [0.05, 0.1) is 17.9 Å². The molecular formula is C21H30O6. The quantitative estimate of drug-likeness (QED) is 0.482. The van der Waals surface area contributed by atoms with E-state index in [1.807, 2.05) is 37.3 Å². The summed E-state index contributed by atoms with van der Waals surface area (Å²) in [5.41, 5.74) is -0.927. The van der Waals surface area contributed by atoms with Gasteiger partial charge in [-0.25, -0.2) is 4.79 Å². The highest BCUT2D eigenvalue weighted by Gasteiger charge is 2.43. The van der Waals surface area contributed by atoms with E-state index in [1.54, 1.807) is 20.8 Å². The van der Waals surface area contributed by atoms with Crippen molar-refractivity contribution in [3.05, 3.63) is 35.9 Å². The maximum Gasteiger partial charge on any atom is 0.347 e. The molecule has 2 atom stereocenters. The summed E-state index contributed by atoms with van der Waals surface area (Å²) in [5, 5.41) is 0. The number of hydrogen-bond donors (Lipinski definition) is 0. The molecule has 0 aliphatic heterocycles. The Labute approximate surface area is 161 Å². The summed E-state index contributed by atoms with van der Waals surface area (Å²) < 4.78 is 15.4. The van der Waals surface area contributed by atoms with Gasteiger partial charge in [0.1, 0.15) is 6.61 Å². The molecule has 0 amide bonds. The summed E-state index contributed by atoms with van der Waals surface area (Å²) in [5.74, 6) is -1.55. The van der Waals surface area contributed by atoms with Crippen LogP contribution >= 0.6 is 0 Å². The van der Waals surface area contributed by atoms with E-state index in [-0.39, 0.29) is 13.0 Å². The highest BCUT2D eigenvalue weighted by atomic mass is 16.6. The normalized spacial score (nSPS) is 14.6. The molecule has 0 N–H and O–H groups in total. The van der Waals surface area contributed by atoms with Gasteiger partial charge in [-0.2, -0.15) is 0 Å². The van der Waals surface area contributed by atoms with Crippen LogP contribution < -0.4 is 0 Å². The maximum absolute atomic E-state index is 12.7. The van der Waals surface area contributed by atoms with Gasteiger partial charge in [-0.15, -0.1) is 0 Å². The first-order chi connectivity index (χ1) is 12.6. The molecule has 0 aliphatic rings. The summed E-state index contributed by atoms with van der Waals surface area (Å²) in [6.07, 6.45) is -0.334. The molecule has 0 aliphatic carbocycles. The van der Waals surface area contributed by atoms with Gasteiger partial charge in [0.25, 0.3) is 0 Å². The molecule has 1 aromatic carbocycles. The van der Waals surface area contributed by atoms with Gasteiger partial charge < -0.3 is 14.2 Å². The molecule has 0 saturated carbocycles. The van der Waals surface area contributed by atoms with Crippen LogP contribution in [-0.4, -0.2) is 31.1 Å². The van der Waals surface area contributed by atoms with Crippen molar-refractivity contribution in [1.82, 2.24) is 0 Å². The molecular weight excluding hydrogens is 348 g/mol. The topological polar surface area (TPSA) is 78.9 Å². The first-order valence-corrected chi connectivity index (χ1v) is 9.06. The van der Waals surface area contributed by atoms with Gasteiger partial charge >= 0.3 is 17.9 Å². The van der Waals surface area contributed by atoms with Crippen LogP contribution in [0.3, 0.4) is 0 Å². The zero-order valence-electron chi connectivity index (χ0n) is 17.0. The molecule has 0 spiro atoms. The lowest BCUT2D eigenvalue weighted by Crippen LogP contribution is -2.40. The van der Waals surface area contributed by atoms with E-state index >= 15 is 0 Å². The second kappa shape index (κ2) is 9.53. The number of carbonyl (C=O) groups is 3. The number of ether oxygens (including phenoxy) is 3. The Morgan fingerprint density at radius 2 is 1.63 bits per heavy atom. The second-order valence-electron chi connectivity index (χ2n) is 7.61. The Morgan fingerprint density at radius 3 is 2.15 bits per heavy atom. The molecule has 6 heteroatoms. The van der Waals surface area contributed by atoms with E-state index in [2.05, 4.69) is 0 Å². The summed E-state index contributed by atoms with van der Waals surface area (Å²) in [6, 6.07) is 9.25. The van der Waals surface area contributed by atoms with Crippen molar-refractivity contribution >= 4 is 17.9 Å². The average Bonchev–Trinajstić information content (AvgIpc) is 2.65. The van der Waals surface area contributed by atoms with E-state index in [1.165, 1.54) is 14.0 Å². The monoisotopic (exact) mass is 378 g/mol. The van der Waals surface area contributed by atoms with Gasteiger partial charge in [-0.1, -0.05) is 37.3 Å². The second-order valence-corrected chi connectivity index (χ2v) is 7.61. The average molecular weight is 378 g/mol. The molecule has 0 radical (unpaired) electrons. The highest BCUT2D eigenvalue weighted by molar-refractivity contribution is 5.83. The fourth-order valence-electron chi connectivity index (χ4n) is 2.86. The lowest BCUT2D eigenvalue weighted by atomic mass is 9.72. The Kier molecular flexibility index (Phi) is 8.00. The first-order valence-electron chi connectivity index (χ1n) is 9.06. The third-order valence-electron chi connectivity index (χ3n) is 4.68. The minimum atomic E-state index is -1.03. The van der Waals surface area contributed by atoms with Gasteiger partial charge in [-0.05, 0) is 46.1 Å². The molecule has 1 aromatic rings. The van der Waals surface area contributed by atoms with Crippen LogP contribution in [0.1, 0.15) is 53.0 Å². The van der Waals surface area contributed by atoms with Crippen molar-refractivity contribution in [3.8, 4) is 0 Å². The zero-order valence-corrected chi connectivity index (χ0v) is 17.0. The van der Waals surface area contributed by atoms with Crippen LogP contribution in [0.25, 0.3) is 0 Å². The standard InChI is InChI=1S/C21H30O6/c1-7-21(5,14-20(3,4)18(23)25-6)19(24)27-15(2)17(22)26-13-16-11-9-8-10-12-16/h8-12,15H,7,13-14H2,1-6H3. The van der Waals surface area contributed by atoms with E-state index in [0.717, 1.165) is 5.56 Å². The number of carbonyl (C=O) groups excluding carboxylic acids is 3. The van der Waals surface area contributed by atoms with Gasteiger partial charge in [0.15, 0.2) is 6.10 Å². The van der Waals surface area contributed by atoms with Crippen molar-refractivity contribution in [2.75, 3.05) is 7.11 Å². The van der Waals surface area contributed by atoms with E-state index in [9.17, 15) is 14.4 Å². The molecule has 0 fully saturated rings. The minimum absolute atomic E-state index is 0.113. The van der Waals surface area contributed by atoms with E-state index in [0.29, 0.717) is 6.42 Å². The molecule has 0 aromatic heterocycles. The van der Waals surface area contributed by atoms with Gasteiger partial charge in [0.2, 0.25) is 0 Å². The third kappa shape index (κ3) is 6.38. The van der Waals surface area contributed by atoms with Crippen LogP contribution in [0.5, 0.6) is 0 Å². The predicted octanol–water partition coefficient (Wildman–Crippen LogP) is 3.67. The summed E-state index contributed by atoms with van der Waals surface area (Å²) in [4.78, 5) is 36.8. The first kappa shape index (κ1) is 22.7. The Morgan fingerprint density at radius 1 is 1.04 bits per heavy atom. The lowest BCUT2D eigenvalue weighted by molar-refractivity contribution is -0.176. The highest BCUT2D eigenvalue weighted by Crippen LogP contribution is 2.38. The smallest absolute Gasteiger partial charge is 0.347 e. The molecule has 2 unspecified atom stereocenters. The fraction of sp³-hybridized carbons (Fsp3) is 0.571. The Hall–Kier alpha value is -2.37. The van der Waals surface area contributed by atoms with Gasteiger partial charge in [0, 0.05) is 0 Å². The van der Waals surface area contributed by atoms with Crippen LogP contribution in [-0.2, 0) is 35.2 Å². The number of methoxy groups -OCH3 is 1. The molecule has 6 nitrogen and oxygen atoms in total. The zero-order chi connectivity index (χ0) is 20.7. The van der Waals surface area contributed by atoms with Crippen molar-refractivity contribution in [3.63, 3.8) is 0 Å². The van der Waals surface area contributed by atoms with Crippen molar-refractivity contribution in [2.45, 2.75) is 60.2 Å². The maximum atomic E-state index is 12.7. The predicted molar refractivity (Wildman–Crippen MR) is 101 cm³/mol. The Bertz CT molecular complexity index is 652. The third-order valence-corrected chi connectivity index (χ3v) is 4.68. The minimum Gasteiger partial charge on any atom is -0.469 e. The Balaban J connectivity index is 2.69. The molecule has 150 valence electrons. The van der Waals surface area contributed by atoms with Crippen LogP contribution in [0.4, 0.5) is 0 Å². The van der Waals surface area contributed by atoms with Crippen molar-refractivity contribution in [1.29, 1.82) is 0 Å². The summed E-state index contributed by atoms with van der Waals surface area (Å²) >= 11 is 0. The molecule has 0 saturated heterocycles. The van der Waals surface area contributed by atoms with Crippen LogP contribution in [0, 0.1) is 10.8 Å². The summed E-state index contributed by atoms with van der Waals surface area (Å²) in [7, 11) is 1.32. The molecule has 0 bridgehead atoms. The van der Waals surface area contributed by atoms with Crippen LogP contribution in [0.2, 0.25) is 0 Å². The number of hydrogen-bond acceptors (Lipinski definition) is 6. The van der Waals surface area contributed by atoms with E-state index in [4.69, 9.17) is 14.2 Å².